The molecule has 0 bridgehead atoms. The van der Waals surface area contributed by atoms with Crippen molar-refractivity contribution >= 4 is 0 Å². The first-order chi connectivity index (χ1) is 7.18. The molecule has 0 amide bonds. The third-order valence-electron chi connectivity index (χ3n) is 3.37. The van der Waals surface area contributed by atoms with E-state index in [0.717, 1.165) is 5.92 Å². The predicted octanol–water partition coefficient (Wildman–Crippen LogP) is 5.26. The van der Waals surface area contributed by atoms with Crippen LogP contribution in [0.4, 0.5) is 0 Å². The molecule has 1 aliphatic rings. The summed E-state index contributed by atoms with van der Waals surface area (Å²) in [5, 5.41) is 0. The van der Waals surface area contributed by atoms with Crippen LogP contribution in [0.15, 0.2) is 23.3 Å². The minimum Gasteiger partial charge on any atom is -0.0856 e. The second-order valence-electron chi connectivity index (χ2n) is 5.26. The van der Waals surface area contributed by atoms with Gasteiger partial charge >= 0.3 is 0 Å². The first kappa shape index (κ1) is 12.5. The Morgan fingerprint density at radius 2 is 1.73 bits per heavy atom. The molecule has 15 heavy (non-hydrogen) atoms. The Hall–Kier alpha value is -0.520. The van der Waals surface area contributed by atoms with E-state index in [4.69, 9.17) is 0 Å². The number of allylic oxidation sites excluding steroid dienone is 4. The van der Waals surface area contributed by atoms with Crippen molar-refractivity contribution in [1.82, 2.24) is 0 Å². The summed E-state index contributed by atoms with van der Waals surface area (Å²) in [4.78, 5) is 0. The van der Waals surface area contributed by atoms with Gasteiger partial charge in [-0.15, -0.1) is 0 Å². The van der Waals surface area contributed by atoms with Gasteiger partial charge in [0.2, 0.25) is 0 Å². The topological polar surface area (TPSA) is 0 Å². The summed E-state index contributed by atoms with van der Waals surface area (Å²) in [5.74, 6) is 1.00. The zero-order valence-electron chi connectivity index (χ0n) is 10.7. The van der Waals surface area contributed by atoms with Crippen LogP contribution >= 0.6 is 0 Å². The van der Waals surface area contributed by atoms with E-state index >= 15 is 0 Å². The Kier molecular flexibility index (Phi) is 5.75. The van der Waals surface area contributed by atoms with Crippen LogP contribution in [0.2, 0.25) is 0 Å². The van der Waals surface area contributed by atoms with E-state index in [-0.39, 0.29) is 0 Å². The Labute approximate surface area is 95.5 Å². The minimum absolute atomic E-state index is 1.00. The first-order valence-corrected chi connectivity index (χ1v) is 6.47. The van der Waals surface area contributed by atoms with Crippen molar-refractivity contribution in [2.24, 2.45) is 5.92 Å². The molecule has 86 valence electrons. The van der Waals surface area contributed by atoms with Gasteiger partial charge in [-0.05, 0) is 46.0 Å². The molecule has 0 aromatic heterocycles. The number of hydrogen-bond acceptors (Lipinski definition) is 0. The third-order valence-corrected chi connectivity index (χ3v) is 3.37. The highest BCUT2D eigenvalue weighted by atomic mass is 14.2. The van der Waals surface area contributed by atoms with Gasteiger partial charge in [0.15, 0.2) is 0 Å². The molecule has 0 radical (unpaired) electrons. The second-order valence-corrected chi connectivity index (χ2v) is 5.26. The van der Waals surface area contributed by atoms with Gasteiger partial charge in [0.1, 0.15) is 0 Å². The van der Waals surface area contributed by atoms with Gasteiger partial charge in [0, 0.05) is 0 Å². The molecule has 0 spiro atoms. The Morgan fingerprint density at radius 3 is 2.33 bits per heavy atom. The van der Waals surface area contributed by atoms with Crippen LogP contribution in [0.5, 0.6) is 0 Å². The highest BCUT2D eigenvalue weighted by Crippen LogP contribution is 2.28. The largest absolute Gasteiger partial charge is 0.0856 e. The van der Waals surface area contributed by atoms with Gasteiger partial charge in [-0.2, -0.15) is 0 Å². The maximum atomic E-state index is 2.48. The summed E-state index contributed by atoms with van der Waals surface area (Å²) in [7, 11) is 0. The lowest BCUT2D eigenvalue weighted by Gasteiger charge is -2.05. The molecule has 0 atom stereocenters. The lowest BCUT2D eigenvalue weighted by atomic mass is 10.0. The molecule has 1 aliphatic carbocycles. The normalized spacial score (nSPS) is 18.2. The summed E-state index contributed by atoms with van der Waals surface area (Å²) >= 11 is 0. The molecule has 1 saturated carbocycles. The highest BCUT2D eigenvalue weighted by Gasteiger charge is 2.12. The zero-order valence-corrected chi connectivity index (χ0v) is 10.7. The van der Waals surface area contributed by atoms with Crippen molar-refractivity contribution in [2.75, 3.05) is 0 Å². The maximum absolute atomic E-state index is 2.48. The van der Waals surface area contributed by atoms with E-state index in [9.17, 15) is 0 Å². The molecule has 0 nitrogen and oxygen atoms in total. The molecule has 1 fully saturated rings. The number of hydrogen-bond donors (Lipinski definition) is 0. The number of rotatable bonds is 5. The van der Waals surface area contributed by atoms with Gasteiger partial charge in [0.25, 0.3) is 0 Å². The van der Waals surface area contributed by atoms with E-state index in [1.807, 2.05) is 0 Å². The first-order valence-electron chi connectivity index (χ1n) is 6.47. The summed E-state index contributed by atoms with van der Waals surface area (Å²) in [5.41, 5.74) is 3.03. The van der Waals surface area contributed by atoms with Gasteiger partial charge < -0.3 is 0 Å². The average molecular weight is 206 g/mol. The fourth-order valence-corrected chi connectivity index (χ4v) is 2.30. The molecule has 0 aliphatic heterocycles. The maximum Gasteiger partial charge on any atom is -0.0288 e. The van der Waals surface area contributed by atoms with Crippen molar-refractivity contribution in [3.63, 3.8) is 0 Å². The lowest BCUT2D eigenvalue weighted by molar-refractivity contribution is 0.555. The van der Waals surface area contributed by atoms with Crippen molar-refractivity contribution in [1.29, 1.82) is 0 Å². The molecule has 0 heteroatoms. The van der Waals surface area contributed by atoms with Crippen molar-refractivity contribution < 1.29 is 0 Å². The average Bonchev–Trinajstić information content (AvgIpc) is 2.66. The Bertz CT molecular complexity index is 222. The summed E-state index contributed by atoms with van der Waals surface area (Å²) < 4.78 is 0. The van der Waals surface area contributed by atoms with E-state index < -0.39 is 0 Å². The standard InChI is InChI=1S/C15H26/c1-13(2)7-6-8-14(3)11-12-15-9-4-5-10-15/h7,11,15H,4-6,8-10,12H2,1-3H3/b14-11+. The molecular weight excluding hydrogens is 180 g/mol. The van der Waals surface area contributed by atoms with Crippen LogP contribution < -0.4 is 0 Å². The van der Waals surface area contributed by atoms with Crippen molar-refractivity contribution in [3.8, 4) is 0 Å². The van der Waals surface area contributed by atoms with Crippen LogP contribution in [0, 0.1) is 5.92 Å². The van der Waals surface area contributed by atoms with Gasteiger partial charge in [-0.1, -0.05) is 49.0 Å². The Morgan fingerprint density at radius 1 is 1.07 bits per heavy atom. The third kappa shape index (κ3) is 5.81. The fraction of sp³-hybridized carbons (Fsp3) is 0.733. The van der Waals surface area contributed by atoms with Crippen LogP contribution in [-0.2, 0) is 0 Å². The predicted molar refractivity (Wildman–Crippen MR) is 69.0 cm³/mol. The van der Waals surface area contributed by atoms with E-state index in [2.05, 4.69) is 32.9 Å². The summed E-state index contributed by atoms with van der Waals surface area (Å²) in [6, 6.07) is 0. The Balaban J connectivity index is 2.17. The molecule has 0 N–H and O–H groups in total. The van der Waals surface area contributed by atoms with Gasteiger partial charge in [-0.3, -0.25) is 0 Å². The zero-order chi connectivity index (χ0) is 11.1. The summed E-state index contributed by atoms with van der Waals surface area (Å²) in [6.45, 7) is 6.64. The smallest absolute Gasteiger partial charge is 0.0288 e. The molecule has 0 aromatic rings. The monoisotopic (exact) mass is 206 g/mol. The molecular formula is C15H26. The van der Waals surface area contributed by atoms with Gasteiger partial charge in [-0.25, -0.2) is 0 Å². The van der Waals surface area contributed by atoms with Crippen molar-refractivity contribution in [3.05, 3.63) is 23.3 Å². The van der Waals surface area contributed by atoms with Gasteiger partial charge in [0.05, 0.1) is 0 Å². The molecule has 0 saturated heterocycles. The SMILES string of the molecule is CC(C)=CCC/C(C)=C/CC1CCCC1. The van der Waals surface area contributed by atoms with Crippen LogP contribution in [0.3, 0.4) is 0 Å². The summed E-state index contributed by atoms with van der Waals surface area (Å²) in [6.07, 6.45) is 14.5. The molecule has 0 aromatic carbocycles. The lowest BCUT2D eigenvalue weighted by Crippen LogP contribution is -1.90. The van der Waals surface area contributed by atoms with E-state index in [0.29, 0.717) is 0 Å². The fourth-order valence-electron chi connectivity index (χ4n) is 2.30. The highest BCUT2D eigenvalue weighted by molar-refractivity contribution is 5.02. The van der Waals surface area contributed by atoms with Crippen molar-refractivity contribution in [2.45, 2.75) is 65.7 Å². The molecule has 1 rings (SSSR count). The van der Waals surface area contributed by atoms with Crippen LogP contribution in [0.25, 0.3) is 0 Å². The van der Waals surface area contributed by atoms with E-state index in [1.54, 1.807) is 5.57 Å². The van der Waals surface area contributed by atoms with Crippen LogP contribution in [-0.4, -0.2) is 0 Å². The second kappa shape index (κ2) is 6.87. The molecule has 0 heterocycles. The minimum atomic E-state index is 1.00. The molecule has 0 unspecified atom stereocenters. The van der Waals surface area contributed by atoms with Crippen LogP contribution in [0.1, 0.15) is 65.7 Å². The van der Waals surface area contributed by atoms with E-state index in [1.165, 1.54) is 50.5 Å². The quantitative estimate of drug-likeness (QED) is 0.538.